The zero-order chi connectivity index (χ0) is 11.2. The molecule has 2 heteroatoms. The van der Waals surface area contributed by atoms with Crippen molar-refractivity contribution in [3.8, 4) is 11.8 Å². The molecule has 2 rings (SSSR count). The van der Waals surface area contributed by atoms with Gasteiger partial charge in [0.1, 0.15) is 0 Å². The van der Waals surface area contributed by atoms with Crippen LogP contribution in [0, 0.1) is 11.8 Å². The van der Waals surface area contributed by atoms with Crippen LogP contribution in [-0.2, 0) is 6.54 Å². The van der Waals surface area contributed by atoms with Crippen molar-refractivity contribution in [1.29, 1.82) is 0 Å². The molecule has 0 unspecified atom stereocenters. The van der Waals surface area contributed by atoms with Gasteiger partial charge in [0.2, 0.25) is 0 Å². The van der Waals surface area contributed by atoms with Gasteiger partial charge in [-0.1, -0.05) is 18.1 Å². The Balaban J connectivity index is 1.79. The van der Waals surface area contributed by atoms with Crippen LogP contribution in [0.5, 0.6) is 0 Å². The van der Waals surface area contributed by atoms with E-state index in [4.69, 9.17) is 0 Å². The van der Waals surface area contributed by atoms with Crippen molar-refractivity contribution in [2.75, 3.05) is 5.75 Å². The highest BCUT2D eigenvalue weighted by Crippen LogP contribution is 2.20. The molecule has 0 atom stereocenters. The number of thioether (sulfide) groups is 1. The van der Waals surface area contributed by atoms with Crippen molar-refractivity contribution in [2.24, 2.45) is 0 Å². The molecular weight excluding hydrogens is 214 g/mol. The van der Waals surface area contributed by atoms with E-state index < -0.39 is 0 Å². The average Bonchev–Trinajstić information content (AvgIpc) is 3.12. The first-order valence-electron chi connectivity index (χ1n) is 5.73. The molecule has 1 nitrogen and oxygen atoms in total. The van der Waals surface area contributed by atoms with Gasteiger partial charge in [-0.05, 0) is 37.5 Å². The maximum atomic E-state index is 3.52. The van der Waals surface area contributed by atoms with Crippen LogP contribution in [0.25, 0.3) is 0 Å². The Morgan fingerprint density at radius 3 is 2.69 bits per heavy atom. The predicted molar refractivity (Wildman–Crippen MR) is 70.5 cm³/mol. The number of benzene rings is 1. The third-order valence-electron chi connectivity index (χ3n) is 2.58. The molecular formula is C14H17NS. The third-order valence-corrected chi connectivity index (χ3v) is 3.48. The summed E-state index contributed by atoms with van der Waals surface area (Å²) in [5, 5.41) is 3.52. The maximum Gasteiger partial charge on any atom is 0.0594 e. The quantitative estimate of drug-likeness (QED) is 0.617. The average molecular weight is 231 g/mol. The number of nitrogens with one attached hydrogen (secondary N) is 1. The van der Waals surface area contributed by atoms with Crippen molar-refractivity contribution < 1.29 is 0 Å². The smallest absolute Gasteiger partial charge is 0.0594 e. The normalized spacial score (nSPS) is 14.3. The fourth-order valence-electron chi connectivity index (χ4n) is 1.44. The third kappa shape index (κ3) is 3.92. The van der Waals surface area contributed by atoms with Gasteiger partial charge in [0.25, 0.3) is 0 Å². The van der Waals surface area contributed by atoms with Gasteiger partial charge in [0, 0.05) is 17.5 Å². The number of hydrogen-bond acceptors (Lipinski definition) is 2. The van der Waals surface area contributed by atoms with Gasteiger partial charge in [-0.3, -0.25) is 0 Å². The molecule has 1 aromatic carbocycles. The van der Waals surface area contributed by atoms with Crippen LogP contribution in [0.1, 0.15) is 25.3 Å². The fourth-order valence-corrected chi connectivity index (χ4v) is 2.16. The summed E-state index contributed by atoms with van der Waals surface area (Å²) in [4.78, 5) is 1.30. The van der Waals surface area contributed by atoms with Crippen molar-refractivity contribution in [3.63, 3.8) is 0 Å². The highest BCUT2D eigenvalue weighted by atomic mass is 32.2. The van der Waals surface area contributed by atoms with Crippen LogP contribution in [0.4, 0.5) is 0 Å². The molecule has 1 N–H and O–H groups in total. The standard InChI is InChI=1S/C14H17NS/c1-2-3-10-16-14-8-4-12(5-9-14)11-15-13-6-7-13/h4-5,8-9,13,15H,6-7,10-11H2,1H3. The van der Waals surface area contributed by atoms with Crippen LogP contribution in [-0.4, -0.2) is 11.8 Å². The van der Waals surface area contributed by atoms with E-state index in [1.54, 1.807) is 11.8 Å². The van der Waals surface area contributed by atoms with E-state index in [1.807, 2.05) is 6.92 Å². The lowest BCUT2D eigenvalue weighted by atomic mass is 10.2. The van der Waals surface area contributed by atoms with Crippen LogP contribution in [0.2, 0.25) is 0 Å². The molecule has 0 amide bonds. The SMILES string of the molecule is CC#CCSc1ccc(CNC2CC2)cc1. The summed E-state index contributed by atoms with van der Waals surface area (Å²) in [5.41, 5.74) is 1.37. The minimum absolute atomic E-state index is 0.786. The van der Waals surface area contributed by atoms with E-state index in [1.165, 1.54) is 23.3 Å². The topological polar surface area (TPSA) is 12.0 Å². The fraction of sp³-hybridized carbons (Fsp3) is 0.429. The van der Waals surface area contributed by atoms with Crippen molar-refractivity contribution in [2.45, 2.75) is 37.2 Å². The summed E-state index contributed by atoms with van der Waals surface area (Å²) in [6.45, 7) is 2.89. The van der Waals surface area contributed by atoms with Crippen molar-refractivity contribution >= 4 is 11.8 Å². The van der Waals surface area contributed by atoms with Gasteiger partial charge in [-0.2, -0.15) is 0 Å². The zero-order valence-corrected chi connectivity index (χ0v) is 10.4. The van der Waals surface area contributed by atoms with Crippen LogP contribution in [0.3, 0.4) is 0 Å². The van der Waals surface area contributed by atoms with E-state index in [0.29, 0.717) is 0 Å². The first-order chi connectivity index (χ1) is 7.88. The molecule has 1 aliphatic carbocycles. The Hall–Kier alpha value is -0.910. The Kier molecular flexibility index (Phi) is 4.33. The molecule has 0 bridgehead atoms. The van der Waals surface area contributed by atoms with Gasteiger partial charge in [0.15, 0.2) is 0 Å². The van der Waals surface area contributed by atoms with E-state index >= 15 is 0 Å². The van der Waals surface area contributed by atoms with Gasteiger partial charge < -0.3 is 5.32 Å². The summed E-state index contributed by atoms with van der Waals surface area (Å²) in [6, 6.07) is 9.57. The Bertz CT molecular complexity index is 381. The van der Waals surface area contributed by atoms with Gasteiger partial charge in [-0.15, -0.1) is 17.7 Å². The van der Waals surface area contributed by atoms with E-state index in [2.05, 4.69) is 41.4 Å². The molecule has 1 aromatic rings. The Morgan fingerprint density at radius 2 is 2.06 bits per heavy atom. The second-order valence-corrected chi connectivity index (χ2v) is 5.06. The molecule has 0 heterocycles. The second kappa shape index (κ2) is 5.98. The van der Waals surface area contributed by atoms with Crippen LogP contribution >= 0.6 is 11.8 Å². The molecule has 1 saturated carbocycles. The zero-order valence-electron chi connectivity index (χ0n) is 9.62. The molecule has 16 heavy (non-hydrogen) atoms. The van der Waals surface area contributed by atoms with Gasteiger partial charge in [-0.25, -0.2) is 0 Å². The minimum atomic E-state index is 0.786. The summed E-state index contributed by atoms with van der Waals surface area (Å²) in [5.74, 6) is 6.85. The van der Waals surface area contributed by atoms with E-state index in [-0.39, 0.29) is 0 Å². The van der Waals surface area contributed by atoms with Crippen molar-refractivity contribution in [1.82, 2.24) is 5.32 Å². The van der Waals surface area contributed by atoms with Gasteiger partial charge >= 0.3 is 0 Å². The molecule has 0 aromatic heterocycles. The lowest BCUT2D eigenvalue weighted by Gasteiger charge is -2.04. The van der Waals surface area contributed by atoms with Gasteiger partial charge in [0.05, 0.1) is 5.75 Å². The van der Waals surface area contributed by atoms with E-state index in [0.717, 1.165) is 18.3 Å². The van der Waals surface area contributed by atoms with Crippen molar-refractivity contribution in [3.05, 3.63) is 29.8 Å². The molecule has 0 aliphatic heterocycles. The summed E-state index contributed by atoms with van der Waals surface area (Å²) < 4.78 is 0. The monoisotopic (exact) mass is 231 g/mol. The molecule has 0 spiro atoms. The maximum absolute atomic E-state index is 3.52. The predicted octanol–water partition coefficient (Wildman–Crippen LogP) is 3.05. The molecule has 0 saturated heterocycles. The lowest BCUT2D eigenvalue weighted by molar-refractivity contribution is 0.687. The Labute approximate surface area is 102 Å². The number of rotatable bonds is 5. The highest BCUT2D eigenvalue weighted by molar-refractivity contribution is 7.99. The van der Waals surface area contributed by atoms with Crippen LogP contribution < -0.4 is 5.32 Å². The lowest BCUT2D eigenvalue weighted by Crippen LogP contribution is -2.14. The highest BCUT2D eigenvalue weighted by Gasteiger charge is 2.19. The Morgan fingerprint density at radius 1 is 1.31 bits per heavy atom. The first kappa shape index (κ1) is 11.6. The molecule has 84 valence electrons. The summed E-state index contributed by atoms with van der Waals surface area (Å²) in [7, 11) is 0. The molecule has 1 aliphatic rings. The first-order valence-corrected chi connectivity index (χ1v) is 6.72. The largest absolute Gasteiger partial charge is 0.310 e. The molecule has 1 fully saturated rings. The number of hydrogen-bond donors (Lipinski definition) is 1. The minimum Gasteiger partial charge on any atom is -0.310 e. The summed E-state index contributed by atoms with van der Waals surface area (Å²) in [6.07, 6.45) is 2.70. The van der Waals surface area contributed by atoms with Crippen LogP contribution in [0.15, 0.2) is 29.2 Å². The molecule has 0 radical (unpaired) electrons. The summed E-state index contributed by atoms with van der Waals surface area (Å²) >= 11 is 1.80. The second-order valence-electron chi connectivity index (χ2n) is 4.01. The van der Waals surface area contributed by atoms with E-state index in [9.17, 15) is 0 Å².